The van der Waals surface area contributed by atoms with Gasteiger partial charge in [-0.1, -0.05) is 30.3 Å². The topological polar surface area (TPSA) is 44.4 Å². The quantitative estimate of drug-likeness (QED) is 0.799. The van der Waals surface area contributed by atoms with Crippen molar-refractivity contribution >= 4 is 5.91 Å². The van der Waals surface area contributed by atoms with E-state index in [9.17, 15) is 4.79 Å². The van der Waals surface area contributed by atoms with Gasteiger partial charge in [0.2, 0.25) is 5.91 Å². The summed E-state index contributed by atoms with van der Waals surface area (Å²) in [6.45, 7) is 4.05. The molecule has 1 unspecified atom stereocenters. The third kappa shape index (κ3) is 4.83. The summed E-state index contributed by atoms with van der Waals surface area (Å²) in [4.78, 5) is 14.1. The maximum absolute atomic E-state index is 11.6. The van der Waals surface area contributed by atoms with Gasteiger partial charge in [-0.05, 0) is 24.8 Å². The van der Waals surface area contributed by atoms with Crippen molar-refractivity contribution in [2.75, 3.05) is 19.6 Å². The van der Waals surface area contributed by atoms with Crippen molar-refractivity contribution in [3.05, 3.63) is 35.9 Å². The lowest BCUT2D eigenvalue weighted by Gasteiger charge is -2.16. The lowest BCUT2D eigenvalue weighted by Crippen LogP contribution is -2.36. The SMILES string of the molecule is O=C(CCNC1CCN(Cc2ccccc2)C1)NC1CC1. The number of hydrogen-bond donors (Lipinski definition) is 2. The average Bonchev–Trinajstić information content (AvgIpc) is 3.18. The van der Waals surface area contributed by atoms with Crippen LogP contribution in [0.1, 0.15) is 31.2 Å². The van der Waals surface area contributed by atoms with Crippen LogP contribution >= 0.6 is 0 Å². The van der Waals surface area contributed by atoms with Crippen LogP contribution in [0.2, 0.25) is 0 Å². The van der Waals surface area contributed by atoms with Crippen molar-refractivity contribution < 1.29 is 4.79 Å². The van der Waals surface area contributed by atoms with Crippen LogP contribution in [0.3, 0.4) is 0 Å². The third-order valence-electron chi connectivity index (χ3n) is 4.25. The van der Waals surface area contributed by atoms with Crippen LogP contribution in [-0.2, 0) is 11.3 Å². The first-order valence-electron chi connectivity index (χ1n) is 8.08. The van der Waals surface area contributed by atoms with Crippen LogP contribution in [0.25, 0.3) is 0 Å². The van der Waals surface area contributed by atoms with E-state index in [2.05, 4.69) is 45.9 Å². The summed E-state index contributed by atoms with van der Waals surface area (Å²) < 4.78 is 0. The predicted octanol–water partition coefficient (Wildman–Crippen LogP) is 1.52. The molecule has 1 aromatic carbocycles. The van der Waals surface area contributed by atoms with Gasteiger partial charge < -0.3 is 10.6 Å². The molecule has 0 radical (unpaired) electrons. The minimum absolute atomic E-state index is 0.198. The Labute approximate surface area is 126 Å². The second-order valence-electron chi connectivity index (χ2n) is 6.25. The molecule has 4 nitrogen and oxygen atoms in total. The molecule has 2 fully saturated rings. The van der Waals surface area contributed by atoms with E-state index < -0.39 is 0 Å². The van der Waals surface area contributed by atoms with E-state index in [0.717, 1.165) is 39.0 Å². The maximum Gasteiger partial charge on any atom is 0.221 e. The number of hydrogen-bond acceptors (Lipinski definition) is 3. The fourth-order valence-electron chi connectivity index (χ4n) is 2.90. The fourth-order valence-corrected chi connectivity index (χ4v) is 2.90. The normalized spacial score (nSPS) is 22.4. The molecule has 0 spiro atoms. The molecule has 2 N–H and O–H groups in total. The van der Waals surface area contributed by atoms with Crippen molar-refractivity contribution in [3.63, 3.8) is 0 Å². The maximum atomic E-state index is 11.6. The summed E-state index contributed by atoms with van der Waals surface area (Å²) in [6, 6.07) is 11.6. The van der Waals surface area contributed by atoms with Crippen molar-refractivity contribution in [3.8, 4) is 0 Å². The molecule has 2 aliphatic rings. The van der Waals surface area contributed by atoms with Gasteiger partial charge in [0.25, 0.3) is 0 Å². The molecule has 4 heteroatoms. The molecule has 1 heterocycles. The molecule has 1 amide bonds. The van der Waals surface area contributed by atoms with Crippen LogP contribution in [0.15, 0.2) is 30.3 Å². The van der Waals surface area contributed by atoms with Gasteiger partial charge in [0, 0.05) is 44.7 Å². The van der Waals surface area contributed by atoms with Crippen LogP contribution in [0.4, 0.5) is 0 Å². The summed E-state index contributed by atoms with van der Waals surface area (Å²) in [6.07, 6.45) is 4.11. The summed E-state index contributed by atoms with van der Waals surface area (Å²) in [5, 5.41) is 6.55. The van der Waals surface area contributed by atoms with Crippen LogP contribution in [-0.4, -0.2) is 42.5 Å². The number of nitrogens with zero attached hydrogens (tertiary/aromatic N) is 1. The average molecular weight is 287 g/mol. The van der Waals surface area contributed by atoms with E-state index in [1.54, 1.807) is 0 Å². The largest absolute Gasteiger partial charge is 0.353 e. The Bertz CT molecular complexity index is 458. The first-order chi connectivity index (χ1) is 10.3. The first kappa shape index (κ1) is 14.5. The minimum Gasteiger partial charge on any atom is -0.353 e. The Morgan fingerprint density at radius 2 is 1.95 bits per heavy atom. The standard InChI is InChI=1S/C17H25N3O/c21-17(19-15-6-7-15)8-10-18-16-9-11-20(13-16)12-14-4-2-1-3-5-14/h1-5,15-16,18H,6-13H2,(H,19,21). The molecule has 1 aliphatic heterocycles. The van der Waals surface area contributed by atoms with Gasteiger partial charge in [0.05, 0.1) is 0 Å². The highest BCUT2D eigenvalue weighted by Gasteiger charge is 2.24. The number of nitrogens with one attached hydrogen (secondary N) is 2. The number of benzene rings is 1. The Balaban J connectivity index is 1.32. The van der Waals surface area contributed by atoms with E-state index in [-0.39, 0.29) is 5.91 Å². The lowest BCUT2D eigenvalue weighted by atomic mass is 10.2. The van der Waals surface area contributed by atoms with Gasteiger partial charge in [-0.15, -0.1) is 0 Å². The van der Waals surface area contributed by atoms with Gasteiger partial charge in [0.15, 0.2) is 0 Å². The summed E-state index contributed by atoms with van der Waals surface area (Å²) in [5.74, 6) is 0.198. The summed E-state index contributed by atoms with van der Waals surface area (Å²) >= 11 is 0. The number of carbonyl (C=O) groups excluding carboxylic acids is 1. The van der Waals surface area contributed by atoms with Crippen LogP contribution in [0.5, 0.6) is 0 Å². The van der Waals surface area contributed by atoms with Crippen LogP contribution in [0, 0.1) is 0 Å². The summed E-state index contributed by atoms with van der Waals surface area (Å²) in [7, 11) is 0. The molecule has 3 rings (SSSR count). The number of amides is 1. The van der Waals surface area contributed by atoms with Gasteiger partial charge >= 0.3 is 0 Å². The number of likely N-dealkylation sites (tertiary alicyclic amines) is 1. The second-order valence-corrected chi connectivity index (χ2v) is 6.25. The van der Waals surface area contributed by atoms with Crippen LogP contribution < -0.4 is 10.6 Å². The molecular formula is C17H25N3O. The highest BCUT2D eigenvalue weighted by atomic mass is 16.1. The van der Waals surface area contributed by atoms with Crippen molar-refractivity contribution in [1.82, 2.24) is 15.5 Å². The highest BCUT2D eigenvalue weighted by molar-refractivity contribution is 5.76. The summed E-state index contributed by atoms with van der Waals surface area (Å²) in [5.41, 5.74) is 1.38. The molecule has 21 heavy (non-hydrogen) atoms. The fraction of sp³-hybridized carbons (Fsp3) is 0.588. The minimum atomic E-state index is 0.198. The third-order valence-corrected chi connectivity index (χ3v) is 4.25. The zero-order chi connectivity index (χ0) is 14.5. The van der Waals surface area contributed by atoms with Crippen molar-refractivity contribution in [2.24, 2.45) is 0 Å². The zero-order valence-electron chi connectivity index (χ0n) is 12.6. The van der Waals surface area contributed by atoms with E-state index in [4.69, 9.17) is 0 Å². The Kier molecular flexibility index (Phi) is 4.88. The first-order valence-corrected chi connectivity index (χ1v) is 8.08. The lowest BCUT2D eigenvalue weighted by molar-refractivity contribution is -0.121. The number of rotatable bonds is 7. The van der Waals surface area contributed by atoms with Crippen molar-refractivity contribution in [1.29, 1.82) is 0 Å². The van der Waals surface area contributed by atoms with E-state index >= 15 is 0 Å². The Morgan fingerprint density at radius 3 is 2.71 bits per heavy atom. The van der Waals surface area contributed by atoms with E-state index in [1.165, 1.54) is 12.0 Å². The smallest absolute Gasteiger partial charge is 0.221 e. The molecule has 1 saturated carbocycles. The van der Waals surface area contributed by atoms with E-state index in [1.807, 2.05) is 0 Å². The monoisotopic (exact) mass is 287 g/mol. The van der Waals surface area contributed by atoms with Crippen molar-refractivity contribution in [2.45, 2.75) is 44.3 Å². The molecule has 1 saturated heterocycles. The molecule has 1 aliphatic carbocycles. The molecule has 1 aromatic rings. The zero-order valence-corrected chi connectivity index (χ0v) is 12.6. The molecule has 1 atom stereocenters. The molecule has 0 bridgehead atoms. The predicted molar refractivity (Wildman–Crippen MR) is 83.9 cm³/mol. The Morgan fingerprint density at radius 1 is 1.14 bits per heavy atom. The van der Waals surface area contributed by atoms with Gasteiger partial charge in [-0.25, -0.2) is 0 Å². The molecular weight excluding hydrogens is 262 g/mol. The Hall–Kier alpha value is -1.39. The van der Waals surface area contributed by atoms with Gasteiger partial charge in [-0.3, -0.25) is 9.69 Å². The van der Waals surface area contributed by atoms with E-state index in [0.29, 0.717) is 18.5 Å². The molecule has 0 aromatic heterocycles. The van der Waals surface area contributed by atoms with Gasteiger partial charge in [0.1, 0.15) is 0 Å². The second kappa shape index (κ2) is 7.05. The number of carbonyl (C=O) groups is 1. The molecule has 114 valence electrons. The highest BCUT2D eigenvalue weighted by Crippen LogP contribution is 2.18. The van der Waals surface area contributed by atoms with Gasteiger partial charge in [-0.2, -0.15) is 0 Å².